The first-order valence-corrected chi connectivity index (χ1v) is 8.35. The van der Waals surface area contributed by atoms with Crippen LogP contribution in [0.1, 0.15) is 66.7 Å². The molecule has 4 atom stereocenters. The Labute approximate surface area is 124 Å². The first-order valence-electron chi connectivity index (χ1n) is 8.35. The van der Waals surface area contributed by atoms with Crippen molar-refractivity contribution in [3.05, 3.63) is 0 Å². The van der Waals surface area contributed by atoms with E-state index in [9.17, 15) is 4.79 Å². The number of esters is 1. The van der Waals surface area contributed by atoms with Crippen LogP contribution in [-0.4, -0.2) is 18.9 Å². The van der Waals surface area contributed by atoms with Gasteiger partial charge < -0.3 is 9.47 Å². The number of rotatable bonds is 7. The van der Waals surface area contributed by atoms with Crippen LogP contribution in [-0.2, 0) is 14.3 Å². The van der Waals surface area contributed by atoms with Crippen molar-refractivity contribution in [2.45, 2.75) is 73.0 Å². The van der Waals surface area contributed by atoms with Gasteiger partial charge in [-0.15, -0.1) is 0 Å². The summed E-state index contributed by atoms with van der Waals surface area (Å²) in [6.07, 6.45) is 4.71. The Morgan fingerprint density at radius 3 is 2.40 bits per heavy atom. The lowest BCUT2D eigenvalue weighted by Crippen LogP contribution is -2.35. The third kappa shape index (κ3) is 4.76. The molecule has 20 heavy (non-hydrogen) atoms. The van der Waals surface area contributed by atoms with E-state index >= 15 is 0 Å². The lowest BCUT2D eigenvalue weighted by atomic mass is 9.70. The molecule has 1 saturated carbocycles. The molecule has 0 N–H and O–H groups in total. The fraction of sp³-hybridized carbons (Fsp3) is 0.941. The third-order valence-corrected chi connectivity index (χ3v) is 4.73. The average Bonchev–Trinajstić information content (AvgIpc) is 2.45. The van der Waals surface area contributed by atoms with Crippen LogP contribution < -0.4 is 0 Å². The molecule has 0 aromatic rings. The summed E-state index contributed by atoms with van der Waals surface area (Å²) in [6.45, 7) is 11.3. The molecule has 1 rings (SSSR count). The highest BCUT2D eigenvalue weighted by Crippen LogP contribution is 2.39. The van der Waals surface area contributed by atoms with E-state index in [1.54, 1.807) is 0 Å². The first-order chi connectivity index (χ1) is 9.53. The Kier molecular flexibility index (Phi) is 7.57. The van der Waals surface area contributed by atoms with E-state index in [4.69, 9.17) is 9.47 Å². The summed E-state index contributed by atoms with van der Waals surface area (Å²) in [5.41, 5.74) is 0. The Balaban J connectivity index is 2.58. The molecule has 0 amide bonds. The molecule has 0 aliphatic heterocycles. The van der Waals surface area contributed by atoms with Crippen LogP contribution in [0, 0.1) is 23.7 Å². The van der Waals surface area contributed by atoms with Crippen molar-refractivity contribution < 1.29 is 14.3 Å². The molecule has 0 bridgehead atoms. The van der Waals surface area contributed by atoms with Gasteiger partial charge >= 0.3 is 5.97 Å². The molecule has 0 aromatic heterocycles. The Morgan fingerprint density at radius 2 is 1.90 bits per heavy atom. The van der Waals surface area contributed by atoms with Crippen LogP contribution in [0.15, 0.2) is 0 Å². The van der Waals surface area contributed by atoms with E-state index in [2.05, 4.69) is 20.8 Å². The van der Waals surface area contributed by atoms with E-state index in [1.165, 1.54) is 6.42 Å². The largest absolute Gasteiger partial charge is 0.436 e. The Bertz CT molecular complexity index is 288. The molecule has 0 heterocycles. The molecule has 0 aromatic carbocycles. The summed E-state index contributed by atoms with van der Waals surface area (Å²) < 4.78 is 11.0. The fourth-order valence-corrected chi connectivity index (χ4v) is 3.31. The van der Waals surface area contributed by atoms with Crippen LogP contribution in [0.25, 0.3) is 0 Å². The molecule has 3 nitrogen and oxygen atoms in total. The maximum absolute atomic E-state index is 12.4. The second kappa shape index (κ2) is 8.66. The van der Waals surface area contributed by atoms with Crippen molar-refractivity contribution in [2.24, 2.45) is 23.7 Å². The van der Waals surface area contributed by atoms with Crippen molar-refractivity contribution in [2.75, 3.05) is 6.61 Å². The zero-order valence-corrected chi connectivity index (χ0v) is 13.9. The molecular formula is C17H32O3. The molecule has 0 radical (unpaired) electrons. The first kappa shape index (κ1) is 17.5. The van der Waals surface area contributed by atoms with Gasteiger partial charge in [-0.05, 0) is 43.9 Å². The minimum absolute atomic E-state index is 0.0423. The normalized spacial score (nSPS) is 28.4. The van der Waals surface area contributed by atoms with Gasteiger partial charge in [-0.3, -0.25) is 4.79 Å². The smallest absolute Gasteiger partial charge is 0.311 e. The molecule has 118 valence electrons. The van der Waals surface area contributed by atoms with Gasteiger partial charge in [-0.1, -0.05) is 34.1 Å². The van der Waals surface area contributed by atoms with Crippen molar-refractivity contribution in [3.63, 3.8) is 0 Å². The summed E-state index contributed by atoms with van der Waals surface area (Å²) in [5.74, 6) is 1.98. The molecule has 1 fully saturated rings. The summed E-state index contributed by atoms with van der Waals surface area (Å²) >= 11 is 0. The van der Waals surface area contributed by atoms with Gasteiger partial charge in [0.25, 0.3) is 0 Å². The van der Waals surface area contributed by atoms with Gasteiger partial charge in [0, 0.05) is 13.0 Å². The lowest BCUT2D eigenvalue weighted by Gasteiger charge is -2.36. The minimum Gasteiger partial charge on any atom is -0.436 e. The fourth-order valence-electron chi connectivity index (χ4n) is 3.31. The minimum atomic E-state index is -0.368. The van der Waals surface area contributed by atoms with Gasteiger partial charge in [-0.25, -0.2) is 0 Å². The predicted molar refractivity (Wildman–Crippen MR) is 81.2 cm³/mol. The summed E-state index contributed by atoms with van der Waals surface area (Å²) in [7, 11) is 0. The average molecular weight is 284 g/mol. The van der Waals surface area contributed by atoms with Crippen LogP contribution in [0.3, 0.4) is 0 Å². The summed E-state index contributed by atoms with van der Waals surface area (Å²) in [5, 5.41) is 0. The monoisotopic (exact) mass is 284 g/mol. The summed E-state index contributed by atoms with van der Waals surface area (Å²) in [4.78, 5) is 12.4. The van der Waals surface area contributed by atoms with E-state index in [-0.39, 0.29) is 18.2 Å². The van der Waals surface area contributed by atoms with Gasteiger partial charge in [0.2, 0.25) is 6.29 Å². The van der Waals surface area contributed by atoms with E-state index in [0.717, 1.165) is 31.6 Å². The SMILES string of the molecule is CCOC(CC)OC(=O)C1CCC(C(C)C)CC1CC. The van der Waals surface area contributed by atoms with Gasteiger partial charge in [-0.2, -0.15) is 0 Å². The molecule has 4 unspecified atom stereocenters. The maximum Gasteiger partial charge on any atom is 0.311 e. The van der Waals surface area contributed by atoms with Crippen molar-refractivity contribution in [3.8, 4) is 0 Å². The van der Waals surface area contributed by atoms with Crippen LogP contribution in [0.2, 0.25) is 0 Å². The van der Waals surface area contributed by atoms with Gasteiger partial charge in [0.15, 0.2) is 0 Å². The number of carbonyl (C=O) groups excluding carboxylic acids is 1. The quantitative estimate of drug-likeness (QED) is 0.513. The molecule has 1 aliphatic carbocycles. The molecule has 3 heteroatoms. The standard InChI is InChI=1S/C17H32O3/c1-6-13-11-14(12(4)5)9-10-15(13)17(18)20-16(7-2)19-8-3/h12-16H,6-11H2,1-5H3. The van der Waals surface area contributed by atoms with Crippen LogP contribution >= 0.6 is 0 Å². The highest BCUT2D eigenvalue weighted by molar-refractivity contribution is 5.73. The van der Waals surface area contributed by atoms with Crippen LogP contribution in [0.4, 0.5) is 0 Å². The Morgan fingerprint density at radius 1 is 1.20 bits per heavy atom. The van der Waals surface area contributed by atoms with Gasteiger partial charge in [0.1, 0.15) is 0 Å². The van der Waals surface area contributed by atoms with Crippen molar-refractivity contribution >= 4 is 5.97 Å². The zero-order chi connectivity index (χ0) is 15.1. The molecule has 0 saturated heterocycles. The van der Waals surface area contributed by atoms with E-state index in [1.807, 2.05) is 13.8 Å². The van der Waals surface area contributed by atoms with Gasteiger partial charge in [0.05, 0.1) is 5.92 Å². The van der Waals surface area contributed by atoms with Crippen LogP contribution in [0.5, 0.6) is 0 Å². The second-order valence-electron chi connectivity index (χ2n) is 6.32. The van der Waals surface area contributed by atoms with E-state index < -0.39 is 0 Å². The van der Waals surface area contributed by atoms with E-state index in [0.29, 0.717) is 18.4 Å². The second-order valence-corrected chi connectivity index (χ2v) is 6.32. The lowest BCUT2D eigenvalue weighted by molar-refractivity contribution is -0.186. The summed E-state index contributed by atoms with van der Waals surface area (Å²) in [6, 6.07) is 0. The Hall–Kier alpha value is -0.570. The number of hydrogen-bond donors (Lipinski definition) is 0. The highest BCUT2D eigenvalue weighted by Gasteiger charge is 2.36. The number of carbonyl (C=O) groups is 1. The number of hydrogen-bond acceptors (Lipinski definition) is 3. The molecular weight excluding hydrogens is 252 g/mol. The number of ether oxygens (including phenoxy) is 2. The van der Waals surface area contributed by atoms with Crippen molar-refractivity contribution in [1.29, 1.82) is 0 Å². The topological polar surface area (TPSA) is 35.5 Å². The highest BCUT2D eigenvalue weighted by atomic mass is 16.7. The van der Waals surface area contributed by atoms with Crippen molar-refractivity contribution in [1.82, 2.24) is 0 Å². The zero-order valence-electron chi connectivity index (χ0n) is 13.9. The predicted octanol–water partition coefficient (Wildman–Crippen LogP) is 4.40. The molecule has 1 aliphatic rings. The molecule has 0 spiro atoms. The maximum atomic E-state index is 12.4. The third-order valence-electron chi connectivity index (χ3n) is 4.73.